The molecule has 1 atom stereocenters. The first-order valence-corrected chi connectivity index (χ1v) is 16.4. The van der Waals surface area contributed by atoms with Gasteiger partial charge in [0, 0.05) is 57.1 Å². The van der Waals surface area contributed by atoms with Gasteiger partial charge in [-0.05, 0) is 71.8 Å². The van der Waals surface area contributed by atoms with Crippen molar-refractivity contribution < 1.29 is 17.9 Å². The van der Waals surface area contributed by atoms with Crippen LogP contribution in [0.1, 0.15) is 51.2 Å². The first-order chi connectivity index (χ1) is 19.9. The molecule has 1 amide bonds. The predicted molar refractivity (Wildman–Crippen MR) is 167 cm³/mol. The number of benzene rings is 2. The van der Waals surface area contributed by atoms with E-state index in [1.165, 1.54) is 11.1 Å². The van der Waals surface area contributed by atoms with E-state index in [0.717, 1.165) is 62.3 Å². The van der Waals surface area contributed by atoms with Crippen LogP contribution in [0.2, 0.25) is 0 Å². The van der Waals surface area contributed by atoms with Crippen LogP contribution >= 0.6 is 0 Å². The van der Waals surface area contributed by atoms with E-state index >= 15 is 0 Å². The molecule has 1 aliphatic carbocycles. The molecular weight excluding hydrogens is 548 g/mol. The number of carbonyl (C=O) groups excluding carboxylic acids is 1. The molecule has 1 unspecified atom stereocenters. The topological polar surface area (TPSA) is 82.2 Å². The summed E-state index contributed by atoms with van der Waals surface area (Å²) in [7, 11) is 0.198. The summed E-state index contributed by atoms with van der Waals surface area (Å²) in [5.74, 6) is 1.09. The van der Waals surface area contributed by atoms with Crippen LogP contribution in [0.4, 0.5) is 5.69 Å². The smallest absolute Gasteiger partial charge is 0.261 e. The molecule has 5 rings (SSSR count). The Kier molecular flexibility index (Phi) is 8.83. The number of anilines is 1. The first-order valence-electron chi connectivity index (χ1n) is 14.9. The highest BCUT2D eigenvalue weighted by Crippen LogP contribution is 2.38. The number of sulfonamides is 1. The second kappa shape index (κ2) is 12.2. The van der Waals surface area contributed by atoms with Crippen LogP contribution in [0, 0.1) is 0 Å². The summed E-state index contributed by atoms with van der Waals surface area (Å²) in [6, 6.07) is 14.4. The van der Waals surface area contributed by atoms with Gasteiger partial charge in [-0.2, -0.15) is 0 Å². The van der Waals surface area contributed by atoms with E-state index in [2.05, 4.69) is 48.5 Å². The number of piperazine rings is 1. The van der Waals surface area contributed by atoms with Gasteiger partial charge >= 0.3 is 0 Å². The third-order valence-electron chi connectivity index (χ3n) is 8.72. The van der Waals surface area contributed by atoms with E-state index in [4.69, 9.17) is 4.74 Å². The van der Waals surface area contributed by atoms with E-state index in [1.54, 1.807) is 31.4 Å². The average molecular weight is 593 g/mol. The average Bonchev–Trinajstić information content (AvgIpc) is 2.97. The standard InChI is InChI=1S/C33H44N4O4S/c1-33(2,3)25-8-12-27(13-9-25)42(39,40)34-26-10-6-24(7-11-26)22-32(38)37-17-16-28-29(23-37)30(14-15-31(28)41-5)36-20-18-35(4)19-21-36/h6-13,23,30,34H,14-22H2,1-5H3. The lowest BCUT2D eigenvalue weighted by molar-refractivity contribution is -0.128. The number of likely N-dealkylation sites (N-methyl/N-ethyl adjacent to an activating group) is 1. The van der Waals surface area contributed by atoms with Crippen molar-refractivity contribution in [1.29, 1.82) is 0 Å². The highest BCUT2D eigenvalue weighted by molar-refractivity contribution is 7.92. The number of nitrogens with one attached hydrogen (secondary N) is 1. The molecule has 2 aromatic carbocycles. The highest BCUT2D eigenvalue weighted by atomic mass is 32.2. The van der Waals surface area contributed by atoms with Crippen LogP contribution in [0.3, 0.4) is 0 Å². The van der Waals surface area contributed by atoms with Crippen molar-refractivity contribution in [1.82, 2.24) is 14.7 Å². The fourth-order valence-electron chi connectivity index (χ4n) is 6.10. The molecule has 8 nitrogen and oxygen atoms in total. The normalized spacial score (nSPS) is 20.6. The molecule has 226 valence electrons. The number of ether oxygens (including phenoxy) is 1. The number of methoxy groups -OCH3 is 1. The third kappa shape index (κ3) is 6.74. The summed E-state index contributed by atoms with van der Waals surface area (Å²) in [5, 5.41) is 0. The molecule has 2 aromatic rings. The van der Waals surface area contributed by atoms with E-state index in [0.29, 0.717) is 18.3 Å². The maximum absolute atomic E-state index is 13.4. The van der Waals surface area contributed by atoms with Gasteiger partial charge in [-0.3, -0.25) is 14.4 Å². The molecule has 0 spiro atoms. The van der Waals surface area contributed by atoms with Crippen molar-refractivity contribution in [2.24, 2.45) is 0 Å². The Hall–Kier alpha value is -3.14. The number of fused-ring (bicyclic) bond motifs is 1. The van der Waals surface area contributed by atoms with E-state index in [1.807, 2.05) is 29.2 Å². The first kappa shape index (κ1) is 30.3. The van der Waals surface area contributed by atoms with Crippen LogP contribution in [-0.2, 0) is 31.4 Å². The fraction of sp³-hybridized carbons (Fsp3) is 0.485. The maximum atomic E-state index is 13.4. The number of rotatable bonds is 7. The molecule has 2 aliphatic heterocycles. The Balaban J connectivity index is 1.26. The van der Waals surface area contributed by atoms with Gasteiger partial charge in [-0.15, -0.1) is 0 Å². The van der Waals surface area contributed by atoms with Crippen LogP contribution < -0.4 is 4.72 Å². The molecule has 42 heavy (non-hydrogen) atoms. The van der Waals surface area contributed by atoms with Gasteiger partial charge < -0.3 is 14.5 Å². The van der Waals surface area contributed by atoms with Gasteiger partial charge in [-0.25, -0.2) is 8.42 Å². The number of hydrogen-bond acceptors (Lipinski definition) is 6. The number of hydrogen-bond donors (Lipinski definition) is 1. The Morgan fingerprint density at radius 3 is 2.24 bits per heavy atom. The van der Waals surface area contributed by atoms with Crippen molar-refractivity contribution in [3.63, 3.8) is 0 Å². The molecule has 1 N–H and O–H groups in total. The van der Waals surface area contributed by atoms with Crippen molar-refractivity contribution in [2.75, 3.05) is 51.6 Å². The monoisotopic (exact) mass is 592 g/mol. The van der Waals surface area contributed by atoms with E-state index in [9.17, 15) is 13.2 Å². The molecule has 1 fully saturated rings. The second-order valence-electron chi connectivity index (χ2n) is 12.7. The maximum Gasteiger partial charge on any atom is 0.261 e. The molecule has 2 heterocycles. The zero-order chi connectivity index (χ0) is 30.1. The van der Waals surface area contributed by atoms with Crippen molar-refractivity contribution >= 4 is 21.6 Å². The van der Waals surface area contributed by atoms with Crippen LogP contribution in [-0.4, -0.2) is 81.9 Å². The van der Waals surface area contributed by atoms with Crippen molar-refractivity contribution in [3.8, 4) is 0 Å². The molecule has 0 saturated carbocycles. The van der Waals surface area contributed by atoms with Crippen molar-refractivity contribution in [3.05, 3.63) is 82.8 Å². The van der Waals surface area contributed by atoms with Gasteiger partial charge in [0.15, 0.2) is 0 Å². The molecule has 3 aliphatic rings. The van der Waals surface area contributed by atoms with E-state index < -0.39 is 10.0 Å². The lowest BCUT2D eigenvalue weighted by atomic mass is 9.83. The van der Waals surface area contributed by atoms with Crippen LogP contribution in [0.25, 0.3) is 0 Å². The largest absolute Gasteiger partial charge is 0.501 e. The zero-order valence-electron chi connectivity index (χ0n) is 25.5. The van der Waals surface area contributed by atoms with Gasteiger partial charge in [0.05, 0.1) is 24.2 Å². The summed E-state index contributed by atoms with van der Waals surface area (Å²) in [6.07, 6.45) is 5.05. The second-order valence-corrected chi connectivity index (χ2v) is 14.4. The molecule has 0 bridgehead atoms. The van der Waals surface area contributed by atoms with Gasteiger partial charge in [0.2, 0.25) is 5.91 Å². The Morgan fingerprint density at radius 2 is 1.62 bits per heavy atom. The van der Waals surface area contributed by atoms with Crippen LogP contribution in [0.15, 0.2) is 76.5 Å². The Bertz CT molecular complexity index is 1450. The quantitative estimate of drug-likeness (QED) is 0.500. The molecule has 0 radical (unpaired) electrons. The number of carbonyl (C=O) groups is 1. The minimum atomic E-state index is -3.72. The van der Waals surface area contributed by atoms with Crippen LogP contribution in [0.5, 0.6) is 0 Å². The number of amides is 1. The summed E-state index contributed by atoms with van der Waals surface area (Å²) in [5.41, 5.74) is 4.81. The zero-order valence-corrected chi connectivity index (χ0v) is 26.3. The molecular formula is C33H44N4O4S. The lowest BCUT2D eigenvalue weighted by Crippen LogP contribution is -2.51. The summed E-state index contributed by atoms with van der Waals surface area (Å²) in [4.78, 5) is 20.4. The van der Waals surface area contributed by atoms with E-state index in [-0.39, 0.29) is 22.6 Å². The Morgan fingerprint density at radius 1 is 0.952 bits per heavy atom. The number of nitrogens with zero attached hydrogens (tertiary/aromatic N) is 3. The van der Waals surface area contributed by atoms with Gasteiger partial charge in [0.25, 0.3) is 10.0 Å². The molecule has 9 heteroatoms. The van der Waals surface area contributed by atoms with Gasteiger partial charge in [-0.1, -0.05) is 45.0 Å². The summed E-state index contributed by atoms with van der Waals surface area (Å²) >= 11 is 0. The lowest BCUT2D eigenvalue weighted by Gasteiger charge is -2.43. The SMILES string of the molecule is COC1=C2CCN(C(=O)Cc3ccc(NS(=O)(=O)c4ccc(C(C)(C)C)cc4)cc3)C=C2C(N2CCN(C)CC2)CC1. The minimum Gasteiger partial charge on any atom is -0.501 e. The summed E-state index contributed by atoms with van der Waals surface area (Å²) < 4.78 is 34.3. The Labute approximate surface area is 251 Å². The summed E-state index contributed by atoms with van der Waals surface area (Å²) in [6.45, 7) is 11.1. The molecule has 1 saturated heterocycles. The number of allylic oxidation sites excluding steroid dienone is 1. The van der Waals surface area contributed by atoms with Crippen molar-refractivity contribution in [2.45, 2.75) is 62.8 Å². The third-order valence-corrected chi connectivity index (χ3v) is 10.1. The fourth-order valence-corrected chi connectivity index (χ4v) is 7.16. The van der Waals surface area contributed by atoms with Gasteiger partial charge in [0.1, 0.15) is 0 Å². The predicted octanol–water partition coefficient (Wildman–Crippen LogP) is 4.75. The molecule has 0 aromatic heterocycles. The minimum absolute atomic E-state index is 0.0375. The highest BCUT2D eigenvalue weighted by Gasteiger charge is 2.35.